The van der Waals surface area contributed by atoms with E-state index < -0.39 is 0 Å². The fourth-order valence-corrected chi connectivity index (χ4v) is 1.88. The highest BCUT2D eigenvalue weighted by molar-refractivity contribution is 9.10. The van der Waals surface area contributed by atoms with Crippen molar-refractivity contribution >= 4 is 34.2 Å². The summed E-state index contributed by atoms with van der Waals surface area (Å²) < 4.78 is 2.46. The van der Waals surface area contributed by atoms with Crippen LogP contribution in [0.25, 0.3) is 0 Å². The van der Waals surface area contributed by atoms with Crippen LogP contribution in [-0.2, 0) is 11.3 Å². The van der Waals surface area contributed by atoms with Crippen LogP contribution in [0.3, 0.4) is 0 Å². The highest BCUT2D eigenvalue weighted by Gasteiger charge is 2.28. The normalized spacial score (nSPS) is 16.1. The Labute approximate surface area is 115 Å². The van der Waals surface area contributed by atoms with Crippen molar-refractivity contribution in [2.24, 2.45) is 11.7 Å². The summed E-state index contributed by atoms with van der Waals surface area (Å²) in [5.74, 6) is 0.561. The largest absolute Gasteiger partial charge is 0.353 e. The zero-order valence-electron chi connectivity index (χ0n) is 9.30. The van der Waals surface area contributed by atoms with Crippen LogP contribution in [0.15, 0.2) is 16.9 Å². The average molecular weight is 324 g/mol. The number of amides is 1. The number of hydrogen-bond donors (Lipinski definition) is 2. The van der Waals surface area contributed by atoms with E-state index >= 15 is 0 Å². The number of nitrogens with zero attached hydrogens (tertiary/aromatic N) is 2. The van der Waals surface area contributed by atoms with Gasteiger partial charge >= 0.3 is 0 Å². The third-order valence-corrected chi connectivity index (χ3v) is 3.08. The van der Waals surface area contributed by atoms with E-state index in [0.29, 0.717) is 12.5 Å². The Kier molecular flexibility index (Phi) is 5.42. The molecule has 3 N–H and O–H groups in total. The van der Waals surface area contributed by atoms with E-state index in [1.807, 2.05) is 0 Å². The van der Waals surface area contributed by atoms with Crippen molar-refractivity contribution in [3.63, 3.8) is 0 Å². The SMILES string of the molecule is Cl.NC(CNC(=O)Cn1cc(Br)cn1)C1CC1. The minimum absolute atomic E-state index is 0. The first-order chi connectivity index (χ1) is 7.65. The summed E-state index contributed by atoms with van der Waals surface area (Å²) in [6.07, 6.45) is 5.82. The fraction of sp³-hybridized carbons (Fsp3) is 0.600. The molecule has 17 heavy (non-hydrogen) atoms. The minimum atomic E-state index is -0.0494. The molecule has 1 aliphatic carbocycles. The predicted molar refractivity (Wildman–Crippen MR) is 70.9 cm³/mol. The zero-order chi connectivity index (χ0) is 11.5. The van der Waals surface area contributed by atoms with E-state index in [1.54, 1.807) is 17.1 Å². The molecular weight excluding hydrogens is 307 g/mol. The molecule has 5 nitrogen and oxygen atoms in total. The summed E-state index contributed by atoms with van der Waals surface area (Å²) >= 11 is 3.28. The van der Waals surface area contributed by atoms with Gasteiger partial charge in [-0.15, -0.1) is 12.4 Å². The summed E-state index contributed by atoms with van der Waals surface area (Å²) in [6, 6.07) is 0.105. The van der Waals surface area contributed by atoms with Gasteiger partial charge in [-0.2, -0.15) is 5.10 Å². The first-order valence-electron chi connectivity index (χ1n) is 5.35. The molecule has 1 aromatic heterocycles. The summed E-state index contributed by atoms with van der Waals surface area (Å²) in [5, 5.41) is 6.83. The van der Waals surface area contributed by atoms with Crippen LogP contribution in [0.2, 0.25) is 0 Å². The third kappa shape index (κ3) is 4.65. The second-order valence-corrected chi connectivity index (χ2v) is 5.08. The highest BCUT2D eigenvalue weighted by atomic mass is 79.9. The first kappa shape index (κ1) is 14.5. The molecule has 0 spiro atoms. The second kappa shape index (κ2) is 6.37. The Morgan fingerprint density at radius 1 is 1.71 bits per heavy atom. The van der Waals surface area contributed by atoms with Crippen molar-refractivity contribution in [2.45, 2.75) is 25.4 Å². The zero-order valence-corrected chi connectivity index (χ0v) is 11.7. The molecule has 1 unspecified atom stereocenters. The topological polar surface area (TPSA) is 72.9 Å². The smallest absolute Gasteiger partial charge is 0.241 e. The minimum Gasteiger partial charge on any atom is -0.353 e. The van der Waals surface area contributed by atoms with E-state index in [-0.39, 0.29) is 30.9 Å². The molecule has 1 aromatic rings. The van der Waals surface area contributed by atoms with E-state index in [2.05, 4.69) is 26.3 Å². The van der Waals surface area contributed by atoms with E-state index in [4.69, 9.17) is 5.73 Å². The maximum absolute atomic E-state index is 11.5. The van der Waals surface area contributed by atoms with Crippen LogP contribution < -0.4 is 11.1 Å². The van der Waals surface area contributed by atoms with E-state index in [1.165, 1.54) is 12.8 Å². The van der Waals surface area contributed by atoms with Crippen LogP contribution in [0.1, 0.15) is 12.8 Å². The van der Waals surface area contributed by atoms with Gasteiger partial charge < -0.3 is 11.1 Å². The van der Waals surface area contributed by atoms with Crippen molar-refractivity contribution in [3.8, 4) is 0 Å². The molecule has 7 heteroatoms. The summed E-state index contributed by atoms with van der Waals surface area (Å²) in [4.78, 5) is 11.5. The molecule has 0 saturated heterocycles. The number of halogens is 2. The van der Waals surface area contributed by atoms with Gasteiger partial charge in [-0.25, -0.2) is 0 Å². The van der Waals surface area contributed by atoms with Gasteiger partial charge in [0, 0.05) is 18.8 Å². The number of carbonyl (C=O) groups is 1. The Morgan fingerprint density at radius 2 is 2.41 bits per heavy atom. The molecule has 1 amide bonds. The summed E-state index contributed by atoms with van der Waals surface area (Å²) in [6.45, 7) is 0.801. The van der Waals surface area contributed by atoms with Crippen molar-refractivity contribution in [2.75, 3.05) is 6.54 Å². The van der Waals surface area contributed by atoms with Crippen LogP contribution in [0.5, 0.6) is 0 Å². The molecule has 1 saturated carbocycles. The lowest BCUT2D eigenvalue weighted by Gasteiger charge is -2.11. The van der Waals surface area contributed by atoms with Gasteiger partial charge in [0.25, 0.3) is 0 Å². The number of nitrogens with one attached hydrogen (secondary N) is 1. The standard InChI is InChI=1S/C10H15BrN4O.ClH/c11-8-3-14-15(5-8)6-10(16)13-4-9(12)7-1-2-7;/h3,5,7,9H,1-2,4,6,12H2,(H,13,16);1H. The molecule has 2 rings (SSSR count). The molecule has 96 valence electrons. The number of hydrogen-bond acceptors (Lipinski definition) is 3. The number of rotatable bonds is 5. The molecule has 0 bridgehead atoms. The molecule has 1 atom stereocenters. The number of aromatic nitrogens is 2. The monoisotopic (exact) mass is 322 g/mol. The van der Waals surface area contributed by atoms with Gasteiger partial charge in [0.05, 0.1) is 10.7 Å². The first-order valence-corrected chi connectivity index (χ1v) is 6.14. The summed E-state index contributed by atoms with van der Waals surface area (Å²) in [7, 11) is 0. The lowest BCUT2D eigenvalue weighted by atomic mass is 10.2. The summed E-state index contributed by atoms with van der Waals surface area (Å²) in [5.41, 5.74) is 5.88. The van der Waals surface area contributed by atoms with Crippen LogP contribution in [0, 0.1) is 5.92 Å². The highest BCUT2D eigenvalue weighted by Crippen LogP contribution is 2.31. The maximum Gasteiger partial charge on any atom is 0.241 e. The predicted octanol–water partition coefficient (Wildman–Crippen LogP) is 0.921. The van der Waals surface area contributed by atoms with Crippen LogP contribution in [0.4, 0.5) is 0 Å². The Morgan fingerprint density at radius 3 is 2.94 bits per heavy atom. The molecule has 1 fully saturated rings. The van der Waals surface area contributed by atoms with Gasteiger partial charge in [-0.3, -0.25) is 9.48 Å². The van der Waals surface area contributed by atoms with Crippen molar-refractivity contribution in [3.05, 3.63) is 16.9 Å². The lowest BCUT2D eigenvalue weighted by molar-refractivity contribution is -0.121. The molecule has 0 radical (unpaired) electrons. The second-order valence-electron chi connectivity index (χ2n) is 4.16. The van der Waals surface area contributed by atoms with Crippen LogP contribution >= 0.6 is 28.3 Å². The Hall–Kier alpha value is -0.590. The average Bonchev–Trinajstić information content (AvgIpc) is 3.01. The molecule has 0 aromatic carbocycles. The van der Waals surface area contributed by atoms with Crippen molar-refractivity contribution in [1.82, 2.24) is 15.1 Å². The van der Waals surface area contributed by atoms with Gasteiger partial charge in [-0.1, -0.05) is 0 Å². The quantitative estimate of drug-likeness (QED) is 0.846. The number of carbonyl (C=O) groups excluding carboxylic acids is 1. The molecule has 1 aliphatic rings. The molecule has 0 aliphatic heterocycles. The third-order valence-electron chi connectivity index (χ3n) is 2.67. The lowest BCUT2D eigenvalue weighted by Crippen LogP contribution is -2.39. The Bertz CT molecular complexity index is 380. The van der Waals surface area contributed by atoms with Gasteiger partial charge in [0.15, 0.2) is 0 Å². The van der Waals surface area contributed by atoms with Crippen molar-refractivity contribution in [1.29, 1.82) is 0 Å². The van der Waals surface area contributed by atoms with E-state index in [0.717, 1.165) is 4.47 Å². The molecular formula is C10H16BrClN4O. The van der Waals surface area contributed by atoms with Crippen LogP contribution in [-0.4, -0.2) is 28.3 Å². The number of nitrogens with two attached hydrogens (primary N) is 1. The van der Waals surface area contributed by atoms with Gasteiger partial charge in [0.1, 0.15) is 6.54 Å². The van der Waals surface area contributed by atoms with Gasteiger partial charge in [0.2, 0.25) is 5.91 Å². The fourth-order valence-electron chi connectivity index (χ4n) is 1.55. The Balaban J connectivity index is 0.00000144. The maximum atomic E-state index is 11.5. The van der Waals surface area contributed by atoms with E-state index in [9.17, 15) is 4.79 Å². The van der Waals surface area contributed by atoms with Gasteiger partial charge in [-0.05, 0) is 34.7 Å². The van der Waals surface area contributed by atoms with Crippen molar-refractivity contribution < 1.29 is 4.79 Å². The molecule has 1 heterocycles.